The molecule has 0 aromatic heterocycles. The maximum absolute atomic E-state index is 12.8. The molecule has 2 atom stereocenters. The molecule has 1 aromatic carbocycles. The number of nitrogens with zero attached hydrogens (tertiary/aromatic N) is 2. The number of benzene rings is 1. The zero-order valence-corrected chi connectivity index (χ0v) is 15.4. The van der Waals surface area contributed by atoms with Gasteiger partial charge in [-0.1, -0.05) is 18.2 Å². The molecule has 2 fully saturated rings. The quantitative estimate of drug-likeness (QED) is 0.886. The average Bonchev–Trinajstić information content (AvgIpc) is 3.35. The van der Waals surface area contributed by atoms with Crippen LogP contribution in [0.5, 0.6) is 0 Å². The minimum atomic E-state index is -0.108. The standard InChI is InChI=1S/C19H25N3O2S/c1-13(18(23)20-15-6-7-15)21-8-10-22(11-9-21)19(24)17-12-14-4-2-3-5-16(14)25-17/h2-5,13,15,17H,6-12H2,1H3,(H,20,23). The van der Waals surface area contributed by atoms with Crippen LogP contribution in [0.15, 0.2) is 29.2 Å². The third-order valence-electron chi connectivity index (χ3n) is 5.40. The molecule has 2 heterocycles. The molecular formula is C19H25N3O2S. The summed E-state index contributed by atoms with van der Waals surface area (Å²) in [6.07, 6.45) is 3.06. The fraction of sp³-hybridized carbons (Fsp3) is 0.579. The molecule has 0 spiro atoms. The van der Waals surface area contributed by atoms with Crippen LogP contribution in [-0.2, 0) is 16.0 Å². The Hall–Kier alpha value is -1.53. The second-order valence-electron chi connectivity index (χ2n) is 7.24. The van der Waals surface area contributed by atoms with Crippen molar-refractivity contribution < 1.29 is 9.59 Å². The number of amides is 2. The lowest BCUT2D eigenvalue weighted by molar-refractivity contribution is -0.133. The van der Waals surface area contributed by atoms with Crippen LogP contribution in [0.4, 0.5) is 0 Å². The molecule has 2 amide bonds. The highest BCUT2D eigenvalue weighted by molar-refractivity contribution is 8.01. The number of fused-ring (bicyclic) bond motifs is 1. The smallest absolute Gasteiger partial charge is 0.237 e. The van der Waals surface area contributed by atoms with E-state index in [0.717, 1.165) is 32.4 Å². The molecule has 1 aromatic rings. The summed E-state index contributed by atoms with van der Waals surface area (Å²) in [5, 5.41) is 3.09. The first-order valence-corrected chi connectivity index (χ1v) is 10.1. The summed E-state index contributed by atoms with van der Waals surface area (Å²) in [5.41, 5.74) is 1.29. The van der Waals surface area contributed by atoms with Gasteiger partial charge in [-0.3, -0.25) is 14.5 Å². The first kappa shape index (κ1) is 16.9. The molecule has 0 bridgehead atoms. The molecule has 1 saturated heterocycles. The number of hydrogen-bond donors (Lipinski definition) is 1. The molecule has 1 N–H and O–H groups in total. The summed E-state index contributed by atoms with van der Waals surface area (Å²) in [6, 6.07) is 8.59. The molecular weight excluding hydrogens is 334 g/mol. The lowest BCUT2D eigenvalue weighted by Crippen LogP contribution is -2.56. The van der Waals surface area contributed by atoms with Gasteiger partial charge in [0.25, 0.3) is 0 Å². The molecule has 2 aliphatic heterocycles. The number of hydrogen-bond acceptors (Lipinski definition) is 4. The largest absolute Gasteiger partial charge is 0.352 e. The van der Waals surface area contributed by atoms with Crippen molar-refractivity contribution >= 4 is 23.6 Å². The molecule has 0 radical (unpaired) electrons. The summed E-state index contributed by atoms with van der Waals surface area (Å²) in [5.74, 6) is 0.375. The van der Waals surface area contributed by atoms with E-state index in [2.05, 4.69) is 22.3 Å². The predicted octanol–water partition coefficient (Wildman–Crippen LogP) is 1.51. The van der Waals surface area contributed by atoms with Gasteiger partial charge in [0.15, 0.2) is 0 Å². The molecule has 134 valence electrons. The van der Waals surface area contributed by atoms with Gasteiger partial charge < -0.3 is 10.2 Å². The second-order valence-corrected chi connectivity index (χ2v) is 8.48. The van der Waals surface area contributed by atoms with Crippen LogP contribution in [0.1, 0.15) is 25.3 Å². The Morgan fingerprint density at radius 3 is 2.56 bits per heavy atom. The fourth-order valence-electron chi connectivity index (χ4n) is 3.57. The minimum Gasteiger partial charge on any atom is -0.352 e. The molecule has 1 aliphatic carbocycles. The number of carbonyl (C=O) groups is 2. The van der Waals surface area contributed by atoms with Crippen LogP contribution in [0.2, 0.25) is 0 Å². The first-order valence-electron chi connectivity index (χ1n) is 9.19. The van der Waals surface area contributed by atoms with Gasteiger partial charge in [-0.15, -0.1) is 11.8 Å². The van der Waals surface area contributed by atoms with Crippen molar-refractivity contribution in [2.45, 2.75) is 48.4 Å². The average molecular weight is 359 g/mol. The van der Waals surface area contributed by atoms with Gasteiger partial charge in [-0.2, -0.15) is 0 Å². The van der Waals surface area contributed by atoms with Crippen molar-refractivity contribution in [2.24, 2.45) is 0 Å². The lowest BCUT2D eigenvalue weighted by atomic mass is 10.1. The Labute approximate surface area is 153 Å². The van der Waals surface area contributed by atoms with Gasteiger partial charge in [0, 0.05) is 37.1 Å². The molecule has 6 heteroatoms. The molecule has 1 saturated carbocycles. The van der Waals surface area contributed by atoms with Gasteiger partial charge in [0.1, 0.15) is 0 Å². The summed E-state index contributed by atoms with van der Waals surface area (Å²) in [7, 11) is 0. The van der Waals surface area contributed by atoms with Gasteiger partial charge in [0.2, 0.25) is 11.8 Å². The van der Waals surface area contributed by atoms with Gasteiger partial charge in [-0.05, 0) is 37.8 Å². The summed E-state index contributed by atoms with van der Waals surface area (Å²) < 4.78 is 0. The first-order chi connectivity index (χ1) is 12.1. The Morgan fingerprint density at radius 2 is 1.88 bits per heavy atom. The van der Waals surface area contributed by atoms with Gasteiger partial charge in [0.05, 0.1) is 11.3 Å². The highest BCUT2D eigenvalue weighted by Crippen LogP contribution is 2.37. The Balaban J connectivity index is 1.28. The second kappa shape index (κ2) is 7.00. The Kier molecular flexibility index (Phi) is 4.73. The van der Waals surface area contributed by atoms with E-state index in [4.69, 9.17) is 0 Å². The van der Waals surface area contributed by atoms with Crippen molar-refractivity contribution in [3.63, 3.8) is 0 Å². The van der Waals surface area contributed by atoms with E-state index in [-0.39, 0.29) is 23.1 Å². The molecule has 3 aliphatic rings. The van der Waals surface area contributed by atoms with Crippen LogP contribution in [-0.4, -0.2) is 65.1 Å². The van der Waals surface area contributed by atoms with Crippen molar-refractivity contribution in [1.82, 2.24) is 15.1 Å². The third kappa shape index (κ3) is 3.70. The molecule has 2 unspecified atom stereocenters. The van der Waals surface area contributed by atoms with Crippen LogP contribution in [0, 0.1) is 0 Å². The van der Waals surface area contributed by atoms with Crippen molar-refractivity contribution in [3.8, 4) is 0 Å². The highest BCUT2D eigenvalue weighted by atomic mass is 32.2. The highest BCUT2D eigenvalue weighted by Gasteiger charge is 2.35. The van der Waals surface area contributed by atoms with Crippen LogP contribution in [0.3, 0.4) is 0 Å². The number of thioether (sulfide) groups is 1. The molecule has 4 rings (SSSR count). The maximum Gasteiger partial charge on any atom is 0.237 e. The number of piperazine rings is 1. The zero-order valence-electron chi connectivity index (χ0n) is 14.6. The van der Waals surface area contributed by atoms with Crippen LogP contribution in [0.25, 0.3) is 0 Å². The van der Waals surface area contributed by atoms with E-state index < -0.39 is 0 Å². The van der Waals surface area contributed by atoms with E-state index in [9.17, 15) is 9.59 Å². The molecule has 5 nitrogen and oxygen atoms in total. The number of rotatable bonds is 4. The summed E-state index contributed by atoms with van der Waals surface area (Å²) >= 11 is 1.69. The van der Waals surface area contributed by atoms with Gasteiger partial charge >= 0.3 is 0 Å². The van der Waals surface area contributed by atoms with E-state index in [1.54, 1.807) is 11.8 Å². The Bertz CT molecular complexity index is 643. The van der Waals surface area contributed by atoms with Gasteiger partial charge in [-0.25, -0.2) is 0 Å². The van der Waals surface area contributed by atoms with Crippen LogP contribution < -0.4 is 5.32 Å². The van der Waals surface area contributed by atoms with Crippen molar-refractivity contribution in [1.29, 1.82) is 0 Å². The topological polar surface area (TPSA) is 52.7 Å². The predicted molar refractivity (Wildman–Crippen MR) is 98.6 cm³/mol. The van der Waals surface area contributed by atoms with Crippen molar-refractivity contribution in [3.05, 3.63) is 29.8 Å². The van der Waals surface area contributed by atoms with E-state index >= 15 is 0 Å². The number of carbonyl (C=O) groups excluding carboxylic acids is 2. The van der Waals surface area contributed by atoms with Crippen molar-refractivity contribution in [2.75, 3.05) is 26.2 Å². The monoisotopic (exact) mass is 359 g/mol. The summed E-state index contributed by atoms with van der Waals surface area (Å²) in [4.78, 5) is 30.5. The van der Waals surface area contributed by atoms with E-state index in [1.165, 1.54) is 10.5 Å². The third-order valence-corrected chi connectivity index (χ3v) is 6.70. The van der Waals surface area contributed by atoms with Crippen LogP contribution >= 0.6 is 11.8 Å². The van der Waals surface area contributed by atoms with E-state index in [0.29, 0.717) is 19.1 Å². The number of nitrogens with one attached hydrogen (secondary N) is 1. The normalized spacial score (nSPS) is 24.7. The summed E-state index contributed by atoms with van der Waals surface area (Å²) in [6.45, 7) is 4.95. The molecule has 25 heavy (non-hydrogen) atoms. The lowest BCUT2D eigenvalue weighted by Gasteiger charge is -2.38. The Morgan fingerprint density at radius 1 is 1.16 bits per heavy atom. The zero-order chi connectivity index (χ0) is 17.4. The SMILES string of the molecule is CC(C(=O)NC1CC1)N1CCN(C(=O)C2Cc3ccccc3S2)CC1. The fourth-order valence-corrected chi connectivity index (χ4v) is 4.85. The van der Waals surface area contributed by atoms with E-state index in [1.807, 2.05) is 24.0 Å². The minimum absolute atomic E-state index is 0.0135. The maximum atomic E-state index is 12.8.